The highest BCUT2D eigenvalue weighted by molar-refractivity contribution is 7.26. The summed E-state index contributed by atoms with van der Waals surface area (Å²) in [6.45, 7) is 4.55. The number of fused-ring (bicyclic) bond motifs is 4. The SMILES string of the molecule is CCCCCCCCCCC1(CCCCCCCCCC)c2cc(-c3ccc(-c4nc5ccccc5s4)s3)ccc2-c2ccc([N+](=O)[O-])cc21. The Balaban J connectivity index is 1.30. The van der Waals surface area contributed by atoms with Crippen molar-refractivity contribution in [3.63, 3.8) is 0 Å². The lowest BCUT2D eigenvalue weighted by atomic mass is 9.70. The van der Waals surface area contributed by atoms with Gasteiger partial charge in [-0.2, -0.15) is 0 Å². The number of aromatic nitrogens is 1. The summed E-state index contributed by atoms with van der Waals surface area (Å²) >= 11 is 3.57. The molecular weight excluding hydrogens is 653 g/mol. The van der Waals surface area contributed by atoms with Gasteiger partial charge in [0.15, 0.2) is 0 Å². The molecule has 6 heteroatoms. The van der Waals surface area contributed by atoms with Crippen molar-refractivity contribution >= 4 is 38.6 Å². The summed E-state index contributed by atoms with van der Waals surface area (Å²) in [6, 6.07) is 25.5. The van der Waals surface area contributed by atoms with E-state index in [1.807, 2.05) is 23.5 Å². The summed E-state index contributed by atoms with van der Waals surface area (Å²) in [6.07, 6.45) is 22.6. The zero-order valence-electron chi connectivity index (χ0n) is 30.2. The summed E-state index contributed by atoms with van der Waals surface area (Å²) in [4.78, 5) is 19.3. The maximum absolute atomic E-state index is 12.1. The quantitative estimate of drug-likeness (QED) is 0.0433. The zero-order chi connectivity index (χ0) is 34.8. The van der Waals surface area contributed by atoms with Crippen molar-refractivity contribution in [3.8, 4) is 31.5 Å². The fourth-order valence-electron chi connectivity index (χ4n) is 8.12. The fourth-order valence-corrected chi connectivity index (χ4v) is 10.1. The van der Waals surface area contributed by atoms with Crippen molar-refractivity contribution in [1.82, 2.24) is 4.98 Å². The third kappa shape index (κ3) is 8.40. The van der Waals surface area contributed by atoms with E-state index in [9.17, 15) is 10.1 Å². The Kier molecular flexibility index (Phi) is 12.9. The van der Waals surface area contributed by atoms with Crippen LogP contribution in [0.25, 0.3) is 41.7 Å². The first-order chi connectivity index (χ1) is 24.5. The molecule has 0 amide bonds. The van der Waals surface area contributed by atoms with Gasteiger partial charge in [-0.05, 0) is 77.1 Å². The summed E-state index contributed by atoms with van der Waals surface area (Å²) in [5, 5.41) is 13.2. The van der Waals surface area contributed by atoms with Crippen molar-refractivity contribution in [1.29, 1.82) is 0 Å². The van der Waals surface area contributed by atoms with E-state index in [4.69, 9.17) is 4.98 Å². The summed E-state index contributed by atoms with van der Waals surface area (Å²) < 4.78 is 1.22. The van der Waals surface area contributed by atoms with Gasteiger partial charge in [0.2, 0.25) is 0 Å². The molecule has 2 aromatic heterocycles. The second kappa shape index (κ2) is 17.7. The normalized spacial score (nSPS) is 13.2. The third-order valence-corrected chi connectivity index (χ3v) is 13.2. The molecule has 1 aliphatic rings. The molecule has 1 aliphatic carbocycles. The highest BCUT2D eigenvalue weighted by Crippen LogP contribution is 2.56. The molecule has 0 fully saturated rings. The lowest BCUT2D eigenvalue weighted by molar-refractivity contribution is -0.384. The standard InChI is InChI=1S/C44H54N2O2S2/c1-3-5-7-9-11-13-15-19-29-44(30-20-16-14-12-10-8-6-4-2)37-31-33(23-25-35(37)36-26-24-34(46(47)48)32-38(36)44)40-27-28-42(49-40)43-45-39-21-17-18-22-41(39)50-43/h17-18,21-28,31-32H,3-16,19-20,29-30H2,1-2H3. The van der Waals surface area contributed by atoms with Crippen LogP contribution in [0.2, 0.25) is 0 Å². The van der Waals surface area contributed by atoms with E-state index in [0.29, 0.717) is 0 Å². The van der Waals surface area contributed by atoms with E-state index in [2.05, 4.69) is 68.4 Å². The minimum atomic E-state index is -0.207. The molecule has 0 spiro atoms. The Hall–Kier alpha value is -3.35. The van der Waals surface area contributed by atoms with E-state index < -0.39 is 0 Å². The van der Waals surface area contributed by atoms with Gasteiger partial charge in [-0.15, -0.1) is 22.7 Å². The monoisotopic (exact) mass is 706 g/mol. The highest BCUT2D eigenvalue weighted by Gasteiger charge is 2.43. The number of hydrogen-bond acceptors (Lipinski definition) is 5. The molecule has 0 saturated carbocycles. The Morgan fingerprint density at radius 3 is 1.80 bits per heavy atom. The number of thiazole rings is 1. The molecule has 0 radical (unpaired) electrons. The van der Waals surface area contributed by atoms with E-state index >= 15 is 0 Å². The number of nitrogens with zero attached hydrogens (tertiary/aromatic N) is 2. The predicted octanol–water partition coefficient (Wildman–Crippen LogP) is 14.9. The van der Waals surface area contributed by atoms with Gasteiger partial charge in [-0.1, -0.05) is 141 Å². The van der Waals surface area contributed by atoms with Crippen LogP contribution in [0, 0.1) is 10.1 Å². The van der Waals surface area contributed by atoms with E-state index in [1.54, 1.807) is 17.4 Å². The molecule has 0 saturated heterocycles. The number of para-hydroxylation sites is 1. The minimum absolute atomic E-state index is 0.204. The minimum Gasteiger partial charge on any atom is -0.258 e. The molecule has 5 aromatic rings. The molecule has 264 valence electrons. The zero-order valence-corrected chi connectivity index (χ0v) is 31.8. The second-order valence-electron chi connectivity index (χ2n) is 14.4. The first-order valence-electron chi connectivity index (χ1n) is 19.4. The molecule has 50 heavy (non-hydrogen) atoms. The summed E-state index contributed by atoms with van der Waals surface area (Å²) in [7, 11) is 0. The molecular formula is C44H54N2O2S2. The summed E-state index contributed by atoms with van der Waals surface area (Å²) in [5.74, 6) is 0. The van der Waals surface area contributed by atoms with Crippen LogP contribution in [-0.4, -0.2) is 9.91 Å². The van der Waals surface area contributed by atoms with Crippen molar-refractivity contribution in [3.05, 3.63) is 94.0 Å². The van der Waals surface area contributed by atoms with Crippen LogP contribution in [-0.2, 0) is 5.41 Å². The van der Waals surface area contributed by atoms with Gasteiger partial charge in [-0.3, -0.25) is 10.1 Å². The van der Waals surface area contributed by atoms with Crippen LogP contribution in [0.3, 0.4) is 0 Å². The molecule has 6 rings (SSSR count). The van der Waals surface area contributed by atoms with Crippen molar-refractivity contribution < 1.29 is 4.92 Å². The second-order valence-corrected chi connectivity index (χ2v) is 16.5. The average Bonchev–Trinajstić information content (AvgIpc) is 3.86. The molecule has 2 heterocycles. The summed E-state index contributed by atoms with van der Waals surface area (Å²) in [5.41, 5.74) is 7.32. The third-order valence-electron chi connectivity index (χ3n) is 10.9. The van der Waals surface area contributed by atoms with E-state index in [1.165, 1.54) is 132 Å². The molecule has 0 aliphatic heterocycles. The maximum atomic E-state index is 12.1. The van der Waals surface area contributed by atoms with Gasteiger partial charge < -0.3 is 0 Å². The van der Waals surface area contributed by atoms with Gasteiger partial charge in [-0.25, -0.2) is 4.98 Å². The Morgan fingerprint density at radius 2 is 1.18 bits per heavy atom. The first kappa shape index (κ1) is 36.4. The topological polar surface area (TPSA) is 56.0 Å². The number of nitro benzene ring substituents is 1. The lowest BCUT2D eigenvalue weighted by Gasteiger charge is -2.33. The number of hydrogen-bond donors (Lipinski definition) is 0. The van der Waals surface area contributed by atoms with Crippen molar-refractivity contribution in [2.24, 2.45) is 0 Å². The van der Waals surface area contributed by atoms with Crippen LogP contribution in [0.1, 0.15) is 141 Å². The van der Waals surface area contributed by atoms with E-state index in [0.717, 1.165) is 36.2 Å². The number of rotatable bonds is 21. The van der Waals surface area contributed by atoms with Crippen LogP contribution < -0.4 is 0 Å². The molecule has 4 nitrogen and oxygen atoms in total. The predicted molar refractivity (Wildman–Crippen MR) is 216 cm³/mol. The lowest BCUT2D eigenvalue weighted by Crippen LogP contribution is -2.25. The Labute approximate surface area is 307 Å². The molecule has 0 atom stereocenters. The Morgan fingerprint density at radius 1 is 0.620 bits per heavy atom. The van der Waals surface area contributed by atoms with Gasteiger partial charge in [0.25, 0.3) is 5.69 Å². The van der Waals surface area contributed by atoms with E-state index in [-0.39, 0.29) is 16.0 Å². The smallest absolute Gasteiger partial charge is 0.258 e. The Bertz CT molecular complexity index is 1800. The first-order valence-corrected chi connectivity index (χ1v) is 21.1. The highest BCUT2D eigenvalue weighted by atomic mass is 32.1. The van der Waals surface area contributed by atoms with Crippen molar-refractivity contribution in [2.45, 2.75) is 135 Å². The number of thiophene rings is 1. The van der Waals surface area contributed by atoms with Crippen LogP contribution in [0.4, 0.5) is 5.69 Å². The molecule has 0 bridgehead atoms. The number of nitro groups is 1. The van der Waals surface area contributed by atoms with Gasteiger partial charge >= 0.3 is 0 Å². The van der Waals surface area contributed by atoms with Gasteiger partial charge in [0.05, 0.1) is 20.0 Å². The molecule has 0 N–H and O–H groups in total. The number of unbranched alkanes of at least 4 members (excludes halogenated alkanes) is 14. The molecule has 3 aromatic carbocycles. The number of benzene rings is 3. The average molecular weight is 707 g/mol. The van der Waals surface area contributed by atoms with Crippen molar-refractivity contribution in [2.75, 3.05) is 0 Å². The maximum Gasteiger partial charge on any atom is 0.269 e. The largest absolute Gasteiger partial charge is 0.269 e. The fraction of sp³-hybridized carbons (Fsp3) is 0.477. The number of non-ortho nitro benzene ring substituents is 1. The van der Waals surface area contributed by atoms with Gasteiger partial charge in [0.1, 0.15) is 5.01 Å². The molecule has 0 unspecified atom stereocenters. The van der Waals surface area contributed by atoms with Crippen LogP contribution >= 0.6 is 22.7 Å². The van der Waals surface area contributed by atoms with Gasteiger partial charge in [0, 0.05) is 22.4 Å². The van der Waals surface area contributed by atoms with Crippen LogP contribution in [0.5, 0.6) is 0 Å². The van der Waals surface area contributed by atoms with Crippen LogP contribution in [0.15, 0.2) is 72.8 Å².